The number of para-hydroxylation sites is 1. The SMILES string of the molecule is Cc1cccc(OCC(=O)NC2CCCC(C)C2C)c1[N+](=O)[O-]. The minimum atomic E-state index is -0.479. The summed E-state index contributed by atoms with van der Waals surface area (Å²) in [6.45, 7) is 5.80. The largest absolute Gasteiger partial charge is 0.477 e. The highest BCUT2D eigenvalue weighted by atomic mass is 16.6. The number of nitro benzene ring substituents is 1. The zero-order valence-electron chi connectivity index (χ0n) is 13.9. The van der Waals surface area contributed by atoms with Crippen LogP contribution in [-0.4, -0.2) is 23.5 Å². The Bertz CT molecular complexity index is 588. The number of nitro groups is 1. The average Bonchev–Trinajstić information content (AvgIpc) is 2.49. The summed E-state index contributed by atoms with van der Waals surface area (Å²) in [7, 11) is 0. The van der Waals surface area contributed by atoms with E-state index < -0.39 is 4.92 Å². The molecule has 0 radical (unpaired) electrons. The van der Waals surface area contributed by atoms with E-state index in [4.69, 9.17) is 4.74 Å². The van der Waals surface area contributed by atoms with Gasteiger partial charge in [0.15, 0.2) is 12.4 Å². The van der Waals surface area contributed by atoms with E-state index in [2.05, 4.69) is 19.2 Å². The second-order valence-corrected chi connectivity index (χ2v) is 6.41. The van der Waals surface area contributed by atoms with Crippen molar-refractivity contribution >= 4 is 11.6 Å². The number of hydrogen-bond donors (Lipinski definition) is 1. The molecule has 1 saturated carbocycles. The van der Waals surface area contributed by atoms with Crippen LogP contribution in [0.15, 0.2) is 18.2 Å². The van der Waals surface area contributed by atoms with Crippen molar-refractivity contribution in [2.24, 2.45) is 11.8 Å². The molecule has 1 N–H and O–H groups in total. The molecule has 6 nitrogen and oxygen atoms in total. The second-order valence-electron chi connectivity index (χ2n) is 6.41. The van der Waals surface area contributed by atoms with Crippen LogP contribution < -0.4 is 10.1 Å². The quantitative estimate of drug-likeness (QED) is 0.667. The van der Waals surface area contributed by atoms with Gasteiger partial charge in [0, 0.05) is 11.6 Å². The van der Waals surface area contributed by atoms with Crippen LogP contribution in [0.2, 0.25) is 0 Å². The minimum absolute atomic E-state index is 0.0834. The third-order valence-electron chi connectivity index (χ3n) is 4.80. The fraction of sp³-hybridized carbons (Fsp3) is 0.588. The first-order valence-electron chi connectivity index (χ1n) is 8.06. The number of nitrogens with zero attached hydrogens (tertiary/aromatic N) is 1. The first-order valence-corrected chi connectivity index (χ1v) is 8.06. The third-order valence-corrected chi connectivity index (χ3v) is 4.80. The maximum atomic E-state index is 12.1. The molecule has 1 aliphatic carbocycles. The number of benzene rings is 1. The lowest BCUT2D eigenvalue weighted by Crippen LogP contribution is -2.45. The molecule has 6 heteroatoms. The van der Waals surface area contributed by atoms with Gasteiger partial charge in [0.25, 0.3) is 5.91 Å². The Labute approximate surface area is 136 Å². The van der Waals surface area contributed by atoms with Gasteiger partial charge in [-0.05, 0) is 31.2 Å². The zero-order valence-corrected chi connectivity index (χ0v) is 13.9. The van der Waals surface area contributed by atoms with Crippen molar-refractivity contribution in [1.29, 1.82) is 0 Å². The molecular weight excluding hydrogens is 296 g/mol. The number of amides is 1. The molecule has 3 unspecified atom stereocenters. The summed E-state index contributed by atoms with van der Waals surface area (Å²) in [5.74, 6) is 0.927. The summed E-state index contributed by atoms with van der Waals surface area (Å²) in [6.07, 6.45) is 3.28. The highest BCUT2D eigenvalue weighted by Crippen LogP contribution is 2.31. The first-order chi connectivity index (χ1) is 10.9. The second kappa shape index (κ2) is 7.44. The molecule has 1 fully saturated rings. The summed E-state index contributed by atoms with van der Waals surface area (Å²) in [5.41, 5.74) is 0.433. The maximum Gasteiger partial charge on any atom is 0.313 e. The van der Waals surface area contributed by atoms with Crippen molar-refractivity contribution in [3.05, 3.63) is 33.9 Å². The smallest absolute Gasteiger partial charge is 0.313 e. The molecular formula is C17H24N2O4. The number of hydrogen-bond acceptors (Lipinski definition) is 4. The summed E-state index contributed by atoms with van der Waals surface area (Å²) < 4.78 is 5.39. The Hall–Kier alpha value is -2.11. The van der Waals surface area contributed by atoms with Gasteiger partial charge in [-0.3, -0.25) is 14.9 Å². The molecule has 1 amide bonds. The molecule has 0 aliphatic heterocycles. The number of nitrogens with one attached hydrogen (secondary N) is 1. The van der Waals surface area contributed by atoms with Crippen LogP contribution in [-0.2, 0) is 4.79 Å². The van der Waals surface area contributed by atoms with Gasteiger partial charge in [-0.1, -0.05) is 38.8 Å². The lowest BCUT2D eigenvalue weighted by Gasteiger charge is -2.34. The Balaban J connectivity index is 1.95. The monoisotopic (exact) mass is 320 g/mol. The Morgan fingerprint density at radius 3 is 2.83 bits per heavy atom. The van der Waals surface area contributed by atoms with Crippen LogP contribution in [0.25, 0.3) is 0 Å². The predicted molar refractivity (Wildman–Crippen MR) is 87.4 cm³/mol. The van der Waals surface area contributed by atoms with Gasteiger partial charge in [-0.25, -0.2) is 0 Å². The van der Waals surface area contributed by atoms with Gasteiger partial charge in [-0.2, -0.15) is 0 Å². The normalized spacial score (nSPS) is 24.0. The van der Waals surface area contributed by atoms with Crippen LogP contribution in [0.3, 0.4) is 0 Å². The van der Waals surface area contributed by atoms with E-state index in [-0.39, 0.29) is 30.0 Å². The topological polar surface area (TPSA) is 81.5 Å². The highest BCUT2D eigenvalue weighted by Gasteiger charge is 2.28. The molecule has 3 atom stereocenters. The van der Waals surface area contributed by atoms with E-state index in [9.17, 15) is 14.9 Å². The van der Waals surface area contributed by atoms with Crippen molar-refractivity contribution in [2.75, 3.05) is 6.61 Å². The average molecular weight is 320 g/mol. The van der Waals surface area contributed by atoms with E-state index in [0.717, 1.165) is 12.8 Å². The Kier molecular flexibility index (Phi) is 5.58. The molecule has 1 aromatic rings. The van der Waals surface area contributed by atoms with Crippen LogP contribution in [0, 0.1) is 28.9 Å². The number of carbonyl (C=O) groups excluding carboxylic acids is 1. The van der Waals surface area contributed by atoms with Gasteiger partial charge in [0.2, 0.25) is 0 Å². The van der Waals surface area contributed by atoms with E-state index in [1.54, 1.807) is 19.1 Å². The lowest BCUT2D eigenvalue weighted by atomic mass is 9.78. The fourth-order valence-electron chi connectivity index (χ4n) is 3.16. The van der Waals surface area contributed by atoms with Crippen molar-refractivity contribution < 1.29 is 14.5 Å². The van der Waals surface area contributed by atoms with Crippen molar-refractivity contribution in [3.63, 3.8) is 0 Å². The van der Waals surface area contributed by atoms with Crippen molar-refractivity contribution in [1.82, 2.24) is 5.32 Å². The number of aryl methyl sites for hydroxylation is 1. The summed E-state index contributed by atoms with van der Waals surface area (Å²) in [5, 5.41) is 14.1. The van der Waals surface area contributed by atoms with Crippen LogP contribution in [0.5, 0.6) is 5.75 Å². The van der Waals surface area contributed by atoms with Crippen LogP contribution in [0.4, 0.5) is 5.69 Å². The van der Waals surface area contributed by atoms with E-state index in [0.29, 0.717) is 17.4 Å². The Morgan fingerprint density at radius 2 is 2.13 bits per heavy atom. The first kappa shape index (κ1) is 17.2. The summed E-state index contributed by atoms with van der Waals surface area (Å²) >= 11 is 0. The third kappa shape index (κ3) is 4.21. The van der Waals surface area contributed by atoms with Gasteiger partial charge < -0.3 is 10.1 Å². The molecule has 1 aromatic carbocycles. The van der Waals surface area contributed by atoms with Gasteiger partial charge in [0.05, 0.1) is 4.92 Å². The molecule has 0 heterocycles. The van der Waals surface area contributed by atoms with E-state index in [1.807, 2.05) is 0 Å². The molecule has 0 saturated heterocycles. The summed E-state index contributed by atoms with van der Waals surface area (Å²) in [6, 6.07) is 5.00. The number of ether oxygens (including phenoxy) is 1. The molecule has 2 rings (SSSR count). The predicted octanol–water partition coefficient (Wildman–Crippen LogP) is 3.22. The molecule has 0 aromatic heterocycles. The van der Waals surface area contributed by atoms with Crippen molar-refractivity contribution in [3.8, 4) is 5.75 Å². The molecule has 1 aliphatic rings. The Morgan fingerprint density at radius 1 is 1.39 bits per heavy atom. The molecule has 0 spiro atoms. The van der Waals surface area contributed by atoms with E-state index in [1.165, 1.54) is 12.5 Å². The molecule has 126 valence electrons. The summed E-state index contributed by atoms with van der Waals surface area (Å²) in [4.78, 5) is 22.7. The van der Waals surface area contributed by atoms with E-state index >= 15 is 0 Å². The van der Waals surface area contributed by atoms with Crippen LogP contribution in [0.1, 0.15) is 38.7 Å². The maximum absolute atomic E-state index is 12.1. The standard InChI is InChI=1S/C17H24N2O4/c1-11-6-4-8-14(13(11)3)18-16(20)10-23-15-9-5-7-12(2)17(15)19(21)22/h5,7,9,11,13-14H,4,6,8,10H2,1-3H3,(H,18,20). The highest BCUT2D eigenvalue weighted by molar-refractivity contribution is 5.78. The van der Waals surface area contributed by atoms with Gasteiger partial charge >= 0.3 is 5.69 Å². The van der Waals surface area contributed by atoms with Crippen LogP contribution >= 0.6 is 0 Å². The number of carbonyl (C=O) groups is 1. The number of rotatable bonds is 5. The lowest BCUT2D eigenvalue weighted by molar-refractivity contribution is -0.386. The van der Waals surface area contributed by atoms with Crippen molar-refractivity contribution in [2.45, 2.75) is 46.1 Å². The molecule has 23 heavy (non-hydrogen) atoms. The fourth-order valence-corrected chi connectivity index (χ4v) is 3.16. The van der Waals surface area contributed by atoms with Gasteiger partial charge in [-0.15, -0.1) is 0 Å². The minimum Gasteiger partial charge on any atom is -0.477 e. The zero-order chi connectivity index (χ0) is 17.0. The van der Waals surface area contributed by atoms with Gasteiger partial charge in [0.1, 0.15) is 0 Å². The molecule has 0 bridgehead atoms.